The Bertz CT molecular complexity index is 453. The number of carbonyl (C=O) groups excluding carboxylic acids is 1. The van der Waals surface area contributed by atoms with Crippen LogP contribution in [-0.4, -0.2) is 17.9 Å². The van der Waals surface area contributed by atoms with Gasteiger partial charge < -0.3 is 15.5 Å². The molecule has 0 saturated heterocycles. The van der Waals surface area contributed by atoms with E-state index >= 15 is 0 Å². The molecule has 2 N–H and O–H groups in total. The van der Waals surface area contributed by atoms with Crippen LogP contribution in [0.4, 0.5) is 4.79 Å². The Morgan fingerprint density at radius 2 is 2.17 bits per heavy atom. The van der Waals surface area contributed by atoms with Gasteiger partial charge in [0.05, 0.1) is 0 Å². The summed E-state index contributed by atoms with van der Waals surface area (Å²) in [4.78, 5) is 11.5. The number of benzene rings is 1. The van der Waals surface area contributed by atoms with Gasteiger partial charge in [-0.15, -0.1) is 0 Å². The Balaban J connectivity index is 2.63. The Morgan fingerprint density at radius 1 is 1.50 bits per heavy atom. The van der Waals surface area contributed by atoms with Crippen LogP contribution in [0.5, 0.6) is 0 Å². The summed E-state index contributed by atoms with van der Waals surface area (Å²) in [6.07, 6.45) is 0.742. The lowest BCUT2D eigenvalue weighted by Gasteiger charge is -2.19. The maximum atomic E-state index is 11.5. The molecule has 1 amide bonds. The zero-order chi connectivity index (χ0) is 13.8. The minimum atomic E-state index is -0.523. The highest BCUT2D eigenvalue weighted by atomic mass is 35.5. The lowest BCUT2D eigenvalue weighted by atomic mass is 10.1. The zero-order valence-electron chi connectivity index (χ0n) is 10.7. The number of hydrogen-bond donors (Lipinski definition) is 2. The average Bonchev–Trinajstić information content (AvgIpc) is 2.25. The van der Waals surface area contributed by atoms with Gasteiger partial charge in [-0.3, -0.25) is 0 Å². The summed E-state index contributed by atoms with van der Waals surface area (Å²) in [6, 6.07) is 5.20. The van der Waals surface area contributed by atoms with Crippen LogP contribution in [0.1, 0.15) is 31.9 Å². The van der Waals surface area contributed by atoms with Crippen LogP contribution in [0.25, 0.3) is 0 Å². The van der Waals surface area contributed by atoms with Crippen molar-refractivity contribution in [2.24, 2.45) is 0 Å². The maximum absolute atomic E-state index is 11.5. The second-order valence-corrected chi connectivity index (χ2v) is 5.26. The van der Waals surface area contributed by atoms with Gasteiger partial charge in [-0.2, -0.15) is 0 Å². The Kier molecular flexibility index (Phi) is 4.73. The normalized spacial score (nSPS) is 10.9. The Labute approximate surface area is 112 Å². The van der Waals surface area contributed by atoms with Crippen molar-refractivity contribution in [2.45, 2.75) is 32.9 Å². The minimum Gasteiger partial charge on any atom is -0.444 e. The molecule has 0 saturated carbocycles. The van der Waals surface area contributed by atoms with E-state index < -0.39 is 11.7 Å². The molecule has 1 rings (SSSR count). The summed E-state index contributed by atoms with van der Waals surface area (Å²) in [5.74, 6) is 0. The quantitative estimate of drug-likeness (QED) is 0.826. The van der Waals surface area contributed by atoms with E-state index in [9.17, 15) is 4.79 Å². The summed E-state index contributed by atoms with van der Waals surface area (Å²) < 4.78 is 5.12. The van der Waals surface area contributed by atoms with E-state index in [4.69, 9.17) is 21.7 Å². The molecular weight excluding hydrogens is 252 g/mol. The number of amides is 1. The van der Waals surface area contributed by atoms with Crippen LogP contribution in [-0.2, 0) is 11.3 Å². The largest absolute Gasteiger partial charge is 0.444 e. The highest BCUT2D eigenvalue weighted by Gasteiger charge is 2.15. The molecule has 0 atom stereocenters. The number of ether oxygens (including phenoxy) is 1. The second kappa shape index (κ2) is 5.87. The van der Waals surface area contributed by atoms with Crippen molar-refractivity contribution >= 4 is 23.9 Å². The molecule has 1 aromatic carbocycles. The molecule has 0 fully saturated rings. The Hall–Kier alpha value is -1.55. The highest BCUT2D eigenvalue weighted by Crippen LogP contribution is 2.17. The summed E-state index contributed by atoms with van der Waals surface area (Å²) in [5.41, 5.74) is 0.967. The second-order valence-electron chi connectivity index (χ2n) is 4.85. The maximum Gasteiger partial charge on any atom is 0.407 e. The predicted molar refractivity (Wildman–Crippen MR) is 72.4 cm³/mol. The summed E-state index contributed by atoms with van der Waals surface area (Å²) in [6.45, 7) is 5.68. The molecule has 1 aromatic rings. The van der Waals surface area contributed by atoms with Crippen LogP contribution in [0.15, 0.2) is 18.2 Å². The number of rotatable bonds is 3. The van der Waals surface area contributed by atoms with Gasteiger partial charge in [0, 0.05) is 17.8 Å². The van der Waals surface area contributed by atoms with Crippen molar-refractivity contribution in [1.29, 1.82) is 5.41 Å². The SMILES string of the molecule is CC(C)(C)OC(=O)NCc1cc(C=N)ccc1Cl. The molecular formula is C13H17ClN2O2. The van der Waals surface area contributed by atoms with Gasteiger partial charge in [-0.05, 0) is 44.0 Å². The number of carbonyl (C=O) groups is 1. The molecule has 0 aliphatic rings. The number of alkyl carbamates (subject to hydrolysis) is 1. The van der Waals surface area contributed by atoms with Gasteiger partial charge in [-0.1, -0.05) is 17.7 Å². The molecule has 0 aliphatic heterocycles. The average molecular weight is 269 g/mol. The molecule has 18 heavy (non-hydrogen) atoms. The van der Waals surface area contributed by atoms with Crippen LogP contribution >= 0.6 is 11.6 Å². The van der Waals surface area contributed by atoms with E-state index in [1.54, 1.807) is 39.0 Å². The summed E-state index contributed by atoms with van der Waals surface area (Å²) >= 11 is 6.00. The molecule has 5 heteroatoms. The molecule has 4 nitrogen and oxygen atoms in total. The number of nitrogens with one attached hydrogen (secondary N) is 2. The zero-order valence-corrected chi connectivity index (χ0v) is 11.5. The lowest BCUT2D eigenvalue weighted by molar-refractivity contribution is 0.0523. The van der Waals surface area contributed by atoms with Gasteiger partial charge >= 0.3 is 6.09 Å². The van der Waals surface area contributed by atoms with Crippen molar-refractivity contribution in [1.82, 2.24) is 5.32 Å². The molecule has 0 aliphatic carbocycles. The molecule has 0 heterocycles. The number of hydrogen-bond acceptors (Lipinski definition) is 3. The van der Waals surface area contributed by atoms with Crippen molar-refractivity contribution in [2.75, 3.05) is 0 Å². The monoisotopic (exact) mass is 268 g/mol. The smallest absolute Gasteiger partial charge is 0.407 e. The van der Waals surface area contributed by atoms with E-state index in [0.717, 1.165) is 11.1 Å². The van der Waals surface area contributed by atoms with Crippen LogP contribution in [0.3, 0.4) is 0 Å². The lowest BCUT2D eigenvalue weighted by Crippen LogP contribution is -2.32. The standard InChI is InChI=1S/C13H17ClN2O2/c1-13(2,3)18-12(17)16-8-10-6-9(7-15)4-5-11(10)14/h4-7,15H,8H2,1-3H3,(H,16,17). The van der Waals surface area contributed by atoms with E-state index in [0.29, 0.717) is 5.02 Å². The van der Waals surface area contributed by atoms with E-state index in [2.05, 4.69) is 5.32 Å². The first kappa shape index (κ1) is 14.5. The third kappa shape index (κ3) is 4.75. The van der Waals surface area contributed by atoms with E-state index in [1.165, 1.54) is 6.21 Å². The van der Waals surface area contributed by atoms with Gasteiger partial charge in [0.15, 0.2) is 0 Å². The molecule has 0 bridgehead atoms. The molecule has 98 valence electrons. The van der Waals surface area contributed by atoms with Crippen molar-refractivity contribution in [3.05, 3.63) is 34.3 Å². The van der Waals surface area contributed by atoms with Crippen LogP contribution in [0, 0.1) is 5.41 Å². The summed E-state index contributed by atoms with van der Waals surface area (Å²) in [7, 11) is 0. The van der Waals surface area contributed by atoms with E-state index in [-0.39, 0.29) is 6.54 Å². The molecule has 0 unspecified atom stereocenters. The fourth-order valence-corrected chi connectivity index (χ4v) is 1.49. The van der Waals surface area contributed by atoms with Gasteiger partial charge in [0.25, 0.3) is 0 Å². The molecule has 0 radical (unpaired) electrons. The Morgan fingerprint density at radius 3 is 2.72 bits per heavy atom. The fraction of sp³-hybridized carbons (Fsp3) is 0.385. The van der Waals surface area contributed by atoms with Gasteiger partial charge in [-0.25, -0.2) is 4.79 Å². The van der Waals surface area contributed by atoms with Gasteiger partial charge in [0.1, 0.15) is 5.60 Å². The molecule has 0 spiro atoms. The van der Waals surface area contributed by atoms with E-state index in [1.807, 2.05) is 0 Å². The van der Waals surface area contributed by atoms with Crippen LogP contribution in [0.2, 0.25) is 5.02 Å². The third-order valence-corrected chi connectivity index (χ3v) is 2.43. The fourth-order valence-electron chi connectivity index (χ4n) is 1.30. The third-order valence-electron chi connectivity index (χ3n) is 2.06. The first-order valence-electron chi connectivity index (χ1n) is 5.57. The topological polar surface area (TPSA) is 62.2 Å². The molecule has 0 aromatic heterocycles. The summed E-state index contributed by atoms with van der Waals surface area (Å²) in [5, 5.41) is 10.3. The van der Waals surface area contributed by atoms with Crippen molar-refractivity contribution in [3.8, 4) is 0 Å². The first-order chi connectivity index (χ1) is 8.31. The minimum absolute atomic E-state index is 0.273. The highest BCUT2D eigenvalue weighted by molar-refractivity contribution is 6.31. The van der Waals surface area contributed by atoms with Gasteiger partial charge in [0.2, 0.25) is 0 Å². The van der Waals surface area contributed by atoms with Crippen molar-refractivity contribution in [3.63, 3.8) is 0 Å². The van der Waals surface area contributed by atoms with Crippen LogP contribution < -0.4 is 5.32 Å². The van der Waals surface area contributed by atoms with Crippen molar-refractivity contribution < 1.29 is 9.53 Å². The first-order valence-corrected chi connectivity index (χ1v) is 5.95. The predicted octanol–water partition coefficient (Wildman–Crippen LogP) is 3.36. The number of halogens is 1.